The topological polar surface area (TPSA) is 86.8 Å². The quantitative estimate of drug-likeness (QED) is 0.393. The Kier molecular flexibility index (Phi) is 7.78. The number of anilines is 1. The summed E-state index contributed by atoms with van der Waals surface area (Å²) in [4.78, 5) is 26.7. The zero-order valence-corrected chi connectivity index (χ0v) is 24.5. The first-order chi connectivity index (χ1) is 19.8. The van der Waals surface area contributed by atoms with E-state index in [0.717, 1.165) is 29.8 Å². The van der Waals surface area contributed by atoms with Gasteiger partial charge in [0.05, 0.1) is 22.2 Å². The Balaban J connectivity index is 1.53. The lowest BCUT2D eigenvalue weighted by molar-refractivity contribution is -0.137. The molecule has 0 radical (unpaired) electrons. The molecule has 1 spiro atoms. The molecule has 2 heterocycles. The number of fused-ring (bicyclic) bond motifs is 2. The third-order valence-corrected chi connectivity index (χ3v) is 10.7. The second kappa shape index (κ2) is 10.9. The number of alkyl halides is 3. The van der Waals surface area contributed by atoms with Crippen LogP contribution in [-0.4, -0.2) is 44.3 Å². The van der Waals surface area contributed by atoms with Crippen LogP contribution >= 0.6 is 11.6 Å². The molecule has 5 rings (SSSR count). The first-order valence-electron chi connectivity index (χ1n) is 13.4. The highest BCUT2D eigenvalue weighted by atomic mass is 35.5. The summed E-state index contributed by atoms with van der Waals surface area (Å²) in [5, 5.41) is 3.37. The van der Waals surface area contributed by atoms with Crippen molar-refractivity contribution in [2.24, 2.45) is 0 Å². The molecule has 42 heavy (non-hydrogen) atoms. The standard InChI is InChI=1S/C30H29ClF3N3O4S/c1-19-29(13-15-36(16-14-29)20(2)38)25-17-21(28(39)35-18-22-5-3-4-6-26(22)31)7-12-27(25)37(19)42(40,41)24-10-8-23(9-11-24)30(32,33)34/h3-12,17,19H,13-16,18H2,1-2H3,(H,35,39). The van der Waals surface area contributed by atoms with Gasteiger partial charge in [0, 0.05) is 42.6 Å². The summed E-state index contributed by atoms with van der Waals surface area (Å²) in [6.07, 6.45) is -3.71. The molecule has 1 N–H and O–H groups in total. The van der Waals surface area contributed by atoms with E-state index in [1.54, 1.807) is 42.2 Å². The summed E-state index contributed by atoms with van der Waals surface area (Å²) in [6, 6.07) is 14.7. The summed E-state index contributed by atoms with van der Waals surface area (Å²) in [5.41, 5.74) is 0.413. The Hall–Kier alpha value is -3.57. The van der Waals surface area contributed by atoms with Gasteiger partial charge in [0.2, 0.25) is 5.91 Å². The molecule has 0 aromatic heterocycles. The molecule has 1 atom stereocenters. The first kappa shape index (κ1) is 29.9. The molecule has 2 amide bonds. The smallest absolute Gasteiger partial charge is 0.348 e. The highest BCUT2D eigenvalue weighted by Gasteiger charge is 2.54. The average molecular weight is 620 g/mol. The lowest BCUT2D eigenvalue weighted by Gasteiger charge is -2.43. The van der Waals surface area contributed by atoms with Crippen LogP contribution in [0.2, 0.25) is 5.02 Å². The largest absolute Gasteiger partial charge is 0.416 e. The summed E-state index contributed by atoms with van der Waals surface area (Å²) in [5.74, 6) is -0.455. The predicted octanol–water partition coefficient (Wildman–Crippen LogP) is 5.77. The molecule has 3 aromatic carbocycles. The summed E-state index contributed by atoms with van der Waals surface area (Å²) in [7, 11) is -4.28. The number of carbonyl (C=O) groups is 2. The predicted molar refractivity (Wildman–Crippen MR) is 153 cm³/mol. The average Bonchev–Trinajstić information content (AvgIpc) is 3.19. The Morgan fingerprint density at radius 3 is 2.26 bits per heavy atom. The van der Waals surface area contributed by atoms with Gasteiger partial charge in [0.15, 0.2) is 0 Å². The molecule has 1 saturated heterocycles. The maximum absolute atomic E-state index is 14.0. The number of carbonyl (C=O) groups excluding carboxylic acids is 2. The molecule has 7 nitrogen and oxygen atoms in total. The summed E-state index contributed by atoms with van der Waals surface area (Å²) < 4.78 is 68.6. The number of nitrogens with zero attached hydrogens (tertiary/aromatic N) is 2. The minimum absolute atomic E-state index is 0.0855. The van der Waals surface area contributed by atoms with Crippen molar-refractivity contribution in [2.45, 2.75) is 55.8 Å². The molecule has 1 unspecified atom stereocenters. The van der Waals surface area contributed by atoms with Gasteiger partial charge in [0.1, 0.15) is 0 Å². The van der Waals surface area contributed by atoms with Crippen molar-refractivity contribution >= 4 is 39.1 Å². The number of rotatable bonds is 5. The minimum Gasteiger partial charge on any atom is -0.348 e. The van der Waals surface area contributed by atoms with Crippen LogP contribution in [0.5, 0.6) is 0 Å². The fourth-order valence-corrected chi connectivity index (χ4v) is 7.97. The Bertz CT molecular complexity index is 1640. The van der Waals surface area contributed by atoms with Crippen LogP contribution < -0.4 is 9.62 Å². The molecule has 3 aromatic rings. The van der Waals surface area contributed by atoms with Crippen LogP contribution in [-0.2, 0) is 33.0 Å². The normalized spacial score (nSPS) is 18.2. The number of hydrogen-bond acceptors (Lipinski definition) is 4. The second-order valence-electron chi connectivity index (χ2n) is 10.7. The Labute approximate surface area is 247 Å². The molecule has 222 valence electrons. The fourth-order valence-electron chi connectivity index (χ4n) is 6.02. The van der Waals surface area contributed by atoms with Gasteiger partial charge < -0.3 is 10.2 Å². The van der Waals surface area contributed by atoms with Crippen molar-refractivity contribution in [1.82, 2.24) is 10.2 Å². The second-order valence-corrected chi connectivity index (χ2v) is 12.9. The van der Waals surface area contributed by atoms with E-state index in [2.05, 4.69) is 5.32 Å². The van der Waals surface area contributed by atoms with Crippen LogP contribution in [0.25, 0.3) is 0 Å². The van der Waals surface area contributed by atoms with Gasteiger partial charge in [-0.25, -0.2) is 8.42 Å². The molecule has 12 heteroatoms. The van der Waals surface area contributed by atoms with Crippen molar-refractivity contribution in [3.05, 3.63) is 94.0 Å². The maximum Gasteiger partial charge on any atom is 0.416 e. The van der Waals surface area contributed by atoms with Gasteiger partial charge in [-0.2, -0.15) is 13.2 Å². The number of benzene rings is 3. The van der Waals surface area contributed by atoms with Gasteiger partial charge >= 0.3 is 6.18 Å². The van der Waals surface area contributed by atoms with Crippen molar-refractivity contribution in [2.75, 3.05) is 17.4 Å². The van der Waals surface area contributed by atoms with E-state index >= 15 is 0 Å². The van der Waals surface area contributed by atoms with E-state index in [9.17, 15) is 31.2 Å². The zero-order chi connectivity index (χ0) is 30.4. The maximum atomic E-state index is 14.0. The van der Waals surface area contributed by atoms with Gasteiger partial charge in [0.25, 0.3) is 15.9 Å². The van der Waals surface area contributed by atoms with Crippen molar-refractivity contribution in [3.8, 4) is 0 Å². The van der Waals surface area contributed by atoms with Crippen molar-refractivity contribution < 1.29 is 31.2 Å². The van der Waals surface area contributed by atoms with Crippen molar-refractivity contribution in [3.63, 3.8) is 0 Å². The molecule has 2 aliphatic rings. The number of amides is 2. The minimum atomic E-state index is -4.60. The van der Waals surface area contributed by atoms with E-state index in [1.165, 1.54) is 17.3 Å². The number of piperidine rings is 1. The number of nitrogens with one attached hydrogen (secondary N) is 1. The lowest BCUT2D eigenvalue weighted by Crippen LogP contribution is -2.52. The first-order valence-corrected chi connectivity index (χ1v) is 15.2. The van der Waals surface area contributed by atoms with E-state index in [4.69, 9.17) is 11.6 Å². The Morgan fingerprint density at radius 1 is 1.02 bits per heavy atom. The molecule has 0 aliphatic carbocycles. The summed E-state index contributed by atoms with van der Waals surface area (Å²) >= 11 is 6.22. The highest BCUT2D eigenvalue weighted by Crippen LogP contribution is 2.53. The number of halogens is 4. The lowest BCUT2D eigenvalue weighted by atomic mass is 9.70. The van der Waals surface area contributed by atoms with E-state index in [-0.39, 0.29) is 23.3 Å². The Morgan fingerprint density at radius 2 is 1.67 bits per heavy atom. The van der Waals surface area contributed by atoms with E-state index in [1.807, 2.05) is 6.07 Å². The zero-order valence-electron chi connectivity index (χ0n) is 22.9. The monoisotopic (exact) mass is 619 g/mol. The van der Waals surface area contributed by atoms with Gasteiger partial charge in [-0.1, -0.05) is 29.8 Å². The van der Waals surface area contributed by atoms with E-state index in [0.29, 0.717) is 47.8 Å². The van der Waals surface area contributed by atoms with E-state index < -0.39 is 33.2 Å². The molecule has 1 fully saturated rings. The SMILES string of the molecule is CC(=O)N1CCC2(CC1)c1cc(C(=O)NCc3ccccc3Cl)ccc1N(S(=O)(=O)c1ccc(C(F)(F)F)cc1)C2C. The van der Waals surface area contributed by atoms with Crippen molar-refractivity contribution in [1.29, 1.82) is 0 Å². The summed E-state index contributed by atoms with van der Waals surface area (Å²) in [6.45, 7) is 4.24. The van der Waals surface area contributed by atoms with Gasteiger partial charge in [-0.15, -0.1) is 0 Å². The van der Waals surface area contributed by atoms with Crippen LogP contribution in [0.15, 0.2) is 71.6 Å². The van der Waals surface area contributed by atoms with Crippen LogP contribution in [0.1, 0.15) is 53.7 Å². The number of likely N-dealkylation sites (tertiary alicyclic amines) is 1. The third-order valence-electron chi connectivity index (χ3n) is 8.42. The molecule has 2 aliphatic heterocycles. The molecular weight excluding hydrogens is 591 g/mol. The highest BCUT2D eigenvalue weighted by molar-refractivity contribution is 7.92. The molecule has 0 bridgehead atoms. The molecule has 0 saturated carbocycles. The van der Waals surface area contributed by atoms with Crippen LogP contribution in [0.4, 0.5) is 18.9 Å². The van der Waals surface area contributed by atoms with Gasteiger partial charge in [-0.05, 0) is 79.4 Å². The third kappa shape index (κ3) is 5.24. The molecular formula is C30H29ClF3N3O4S. The van der Waals surface area contributed by atoms with Gasteiger partial charge in [-0.3, -0.25) is 13.9 Å². The van der Waals surface area contributed by atoms with Crippen LogP contribution in [0.3, 0.4) is 0 Å². The number of sulfonamides is 1. The fraction of sp³-hybridized carbons (Fsp3) is 0.333. The number of hydrogen-bond donors (Lipinski definition) is 1. The van der Waals surface area contributed by atoms with Crippen LogP contribution in [0, 0.1) is 0 Å².